The van der Waals surface area contributed by atoms with Gasteiger partial charge in [0, 0.05) is 13.1 Å². The van der Waals surface area contributed by atoms with Crippen LogP contribution in [0.4, 0.5) is 0 Å². The van der Waals surface area contributed by atoms with Crippen molar-refractivity contribution in [2.75, 3.05) is 19.7 Å². The Balaban J connectivity index is 3.32. The van der Waals surface area contributed by atoms with Crippen LogP contribution in [0.25, 0.3) is 0 Å². The number of carboxylic acids is 1. The van der Waals surface area contributed by atoms with Crippen LogP contribution in [0.5, 0.6) is 0 Å². The lowest BCUT2D eigenvalue weighted by Gasteiger charge is -2.21. The fraction of sp³-hybridized carbons (Fsp3) is 0.545. The molecule has 0 aromatic carbocycles. The summed E-state index contributed by atoms with van der Waals surface area (Å²) in [4.78, 5) is 10.8. The summed E-state index contributed by atoms with van der Waals surface area (Å²) < 4.78 is 26.1. The fourth-order valence-corrected chi connectivity index (χ4v) is 4.85. The van der Waals surface area contributed by atoms with Crippen LogP contribution in [0, 0.1) is 6.92 Å². The molecule has 0 saturated carbocycles. The topological polar surface area (TPSA) is 94.9 Å². The third-order valence-electron chi connectivity index (χ3n) is 2.53. The summed E-state index contributed by atoms with van der Waals surface area (Å²) >= 11 is 0.897. The summed E-state index contributed by atoms with van der Waals surface area (Å²) in [5, 5.41) is 19.5. The van der Waals surface area contributed by atoms with Crippen molar-refractivity contribution in [2.45, 2.75) is 25.2 Å². The number of sulfonamides is 1. The van der Waals surface area contributed by atoms with Gasteiger partial charge >= 0.3 is 5.97 Å². The van der Waals surface area contributed by atoms with Crippen molar-refractivity contribution in [1.82, 2.24) is 4.31 Å². The molecule has 0 aliphatic heterocycles. The van der Waals surface area contributed by atoms with E-state index in [0.717, 1.165) is 15.6 Å². The van der Waals surface area contributed by atoms with E-state index in [2.05, 4.69) is 0 Å². The lowest BCUT2D eigenvalue weighted by molar-refractivity contribution is 0.0698. The number of nitrogens with zero attached hydrogens (tertiary/aromatic N) is 1. The highest BCUT2D eigenvalue weighted by atomic mass is 32.2. The van der Waals surface area contributed by atoms with Gasteiger partial charge in [0.15, 0.2) is 0 Å². The molecule has 0 saturated heterocycles. The molecule has 0 aliphatic carbocycles. The number of rotatable bonds is 7. The van der Waals surface area contributed by atoms with E-state index in [1.54, 1.807) is 6.92 Å². The van der Waals surface area contributed by atoms with Gasteiger partial charge in [0.05, 0.1) is 6.61 Å². The Morgan fingerprint density at radius 2 is 2.05 bits per heavy atom. The van der Waals surface area contributed by atoms with Gasteiger partial charge in [-0.1, -0.05) is 6.92 Å². The van der Waals surface area contributed by atoms with Gasteiger partial charge in [-0.05, 0) is 24.3 Å². The van der Waals surface area contributed by atoms with E-state index in [0.29, 0.717) is 12.0 Å². The highest BCUT2D eigenvalue weighted by Crippen LogP contribution is 2.29. The van der Waals surface area contributed by atoms with Crippen LogP contribution in [0.1, 0.15) is 28.6 Å². The summed E-state index contributed by atoms with van der Waals surface area (Å²) in [6, 6.07) is 0. The van der Waals surface area contributed by atoms with Gasteiger partial charge in [0.25, 0.3) is 0 Å². The molecule has 2 N–H and O–H groups in total. The van der Waals surface area contributed by atoms with Gasteiger partial charge in [0.2, 0.25) is 10.0 Å². The Labute approximate surface area is 116 Å². The van der Waals surface area contributed by atoms with Gasteiger partial charge in [0.1, 0.15) is 9.77 Å². The second-order valence-electron chi connectivity index (χ2n) is 4.01. The molecule has 19 heavy (non-hydrogen) atoms. The number of aliphatic hydroxyl groups is 1. The fourth-order valence-electron chi connectivity index (χ4n) is 1.74. The van der Waals surface area contributed by atoms with Gasteiger partial charge < -0.3 is 10.2 Å². The maximum atomic E-state index is 12.5. The molecule has 0 fully saturated rings. The quantitative estimate of drug-likeness (QED) is 0.788. The van der Waals surface area contributed by atoms with Gasteiger partial charge in [-0.3, -0.25) is 0 Å². The van der Waals surface area contributed by atoms with E-state index in [-0.39, 0.29) is 29.5 Å². The molecule has 6 nitrogen and oxygen atoms in total. The summed E-state index contributed by atoms with van der Waals surface area (Å²) in [7, 11) is -3.89. The van der Waals surface area contributed by atoms with E-state index < -0.39 is 16.0 Å². The Bertz CT molecular complexity index is 543. The average molecular weight is 307 g/mol. The van der Waals surface area contributed by atoms with Crippen LogP contribution in [0.15, 0.2) is 10.3 Å². The van der Waals surface area contributed by atoms with Crippen molar-refractivity contribution in [3.8, 4) is 0 Å². The Morgan fingerprint density at radius 3 is 2.53 bits per heavy atom. The van der Waals surface area contributed by atoms with Crippen molar-refractivity contribution < 1.29 is 23.4 Å². The van der Waals surface area contributed by atoms with Crippen LogP contribution < -0.4 is 0 Å². The number of aryl methyl sites for hydroxylation is 1. The maximum Gasteiger partial charge on any atom is 0.347 e. The number of hydrogen-bond acceptors (Lipinski definition) is 5. The molecule has 8 heteroatoms. The standard InChI is InChI=1S/C11H17NO5S2/c1-3-4-12(5-6-13)19(16,17)10-8(2)7-18-9(10)11(14)15/h7,13H,3-6H2,1-2H3,(H,14,15). The number of hydrogen-bond donors (Lipinski definition) is 2. The highest BCUT2D eigenvalue weighted by molar-refractivity contribution is 7.89. The van der Waals surface area contributed by atoms with Crippen molar-refractivity contribution >= 4 is 27.3 Å². The summed E-state index contributed by atoms with van der Waals surface area (Å²) in [5.41, 5.74) is 0.418. The average Bonchev–Trinajstić information content (AvgIpc) is 2.71. The maximum absolute atomic E-state index is 12.5. The molecule has 1 heterocycles. The highest BCUT2D eigenvalue weighted by Gasteiger charge is 2.31. The Hall–Kier alpha value is -0.960. The monoisotopic (exact) mass is 307 g/mol. The smallest absolute Gasteiger partial charge is 0.347 e. The number of carbonyl (C=O) groups is 1. The third kappa shape index (κ3) is 3.33. The molecule has 108 valence electrons. The largest absolute Gasteiger partial charge is 0.477 e. The van der Waals surface area contributed by atoms with Gasteiger partial charge in [-0.2, -0.15) is 4.31 Å². The molecule has 0 bridgehead atoms. The summed E-state index contributed by atoms with van der Waals surface area (Å²) in [6.45, 7) is 3.30. The first-order chi connectivity index (χ1) is 8.86. The van der Waals surface area contributed by atoms with Crippen LogP contribution in [0.3, 0.4) is 0 Å². The van der Waals surface area contributed by atoms with Gasteiger partial charge in [-0.15, -0.1) is 11.3 Å². The van der Waals surface area contributed by atoms with Crippen molar-refractivity contribution in [1.29, 1.82) is 0 Å². The van der Waals surface area contributed by atoms with Crippen molar-refractivity contribution in [2.24, 2.45) is 0 Å². The van der Waals surface area contributed by atoms with E-state index in [9.17, 15) is 13.2 Å². The molecule has 0 radical (unpaired) electrons. The minimum atomic E-state index is -3.89. The predicted molar refractivity (Wildman–Crippen MR) is 72.2 cm³/mol. The third-order valence-corrected chi connectivity index (χ3v) is 5.83. The molecule has 1 rings (SSSR count). The second kappa shape index (κ2) is 6.47. The molecule has 0 atom stereocenters. The molecule has 0 unspecified atom stereocenters. The minimum Gasteiger partial charge on any atom is -0.477 e. The number of carboxylic acid groups (broad SMARTS) is 1. The minimum absolute atomic E-state index is 0.0372. The Kier molecular flexibility index (Phi) is 5.48. The summed E-state index contributed by atoms with van der Waals surface area (Å²) in [6.07, 6.45) is 0.588. The zero-order valence-corrected chi connectivity index (χ0v) is 12.4. The van der Waals surface area contributed by atoms with E-state index in [1.165, 1.54) is 5.38 Å². The van der Waals surface area contributed by atoms with E-state index >= 15 is 0 Å². The van der Waals surface area contributed by atoms with Gasteiger partial charge in [-0.25, -0.2) is 13.2 Å². The first-order valence-electron chi connectivity index (χ1n) is 5.78. The lowest BCUT2D eigenvalue weighted by Crippen LogP contribution is -2.35. The molecular weight excluding hydrogens is 290 g/mol. The van der Waals surface area contributed by atoms with Crippen LogP contribution in [0.2, 0.25) is 0 Å². The summed E-state index contributed by atoms with van der Waals surface area (Å²) in [5.74, 6) is -1.25. The second-order valence-corrected chi connectivity index (χ2v) is 6.76. The number of thiophene rings is 1. The van der Waals surface area contributed by atoms with Crippen molar-refractivity contribution in [3.63, 3.8) is 0 Å². The predicted octanol–water partition coefficient (Wildman–Crippen LogP) is 1.15. The molecule has 1 aromatic heterocycles. The van der Waals surface area contributed by atoms with Crippen LogP contribution in [-0.4, -0.2) is 48.6 Å². The first kappa shape index (κ1) is 16.1. The molecule has 0 aliphatic rings. The molecule has 0 amide bonds. The SMILES string of the molecule is CCCN(CCO)S(=O)(=O)c1c(C)csc1C(=O)O. The van der Waals surface area contributed by atoms with Crippen LogP contribution >= 0.6 is 11.3 Å². The Morgan fingerprint density at radius 1 is 1.42 bits per heavy atom. The number of aromatic carboxylic acids is 1. The van der Waals surface area contributed by atoms with E-state index in [4.69, 9.17) is 10.2 Å². The normalized spacial score (nSPS) is 12.0. The van der Waals surface area contributed by atoms with Crippen LogP contribution in [-0.2, 0) is 10.0 Å². The molecule has 1 aromatic rings. The number of aliphatic hydroxyl groups excluding tert-OH is 1. The molecule has 0 spiro atoms. The first-order valence-corrected chi connectivity index (χ1v) is 8.10. The van der Waals surface area contributed by atoms with Crippen molar-refractivity contribution in [3.05, 3.63) is 15.8 Å². The van der Waals surface area contributed by atoms with E-state index in [1.807, 2.05) is 6.92 Å². The zero-order chi connectivity index (χ0) is 14.6. The zero-order valence-electron chi connectivity index (χ0n) is 10.8. The lowest BCUT2D eigenvalue weighted by atomic mass is 10.3. The molecular formula is C11H17NO5S2.